The zero-order chi connectivity index (χ0) is 27.5. The van der Waals surface area contributed by atoms with Crippen LogP contribution in [0.15, 0.2) is 102 Å². The van der Waals surface area contributed by atoms with E-state index in [0.717, 1.165) is 58.4 Å². The highest BCUT2D eigenvalue weighted by Gasteiger charge is 2.43. The van der Waals surface area contributed by atoms with E-state index in [1.807, 2.05) is 91.0 Å². The Morgan fingerprint density at radius 2 is 1.60 bits per heavy atom. The lowest BCUT2D eigenvalue weighted by Crippen LogP contribution is -2.34. The minimum Gasteiger partial charge on any atom is -0.497 e. The van der Waals surface area contributed by atoms with Crippen molar-refractivity contribution in [1.29, 1.82) is 0 Å². The van der Waals surface area contributed by atoms with Gasteiger partial charge >= 0.3 is 0 Å². The van der Waals surface area contributed by atoms with Gasteiger partial charge in [-0.15, -0.1) is 0 Å². The van der Waals surface area contributed by atoms with Gasteiger partial charge in [0.15, 0.2) is 6.61 Å². The first-order valence-electron chi connectivity index (χ1n) is 13.6. The first-order valence-corrected chi connectivity index (χ1v) is 13.6. The summed E-state index contributed by atoms with van der Waals surface area (Å²) in [4.78, 5) is 13.8. The Hall–Kier alpha value is -4.58. The Morgan fingerprint density at radius 3 is 2.35 bits per heavy atom. The van der Waals surface area contributed by atoms with Crippen molar-refractivity contribution in [1.82, 2.24) is 5.01 Å². The first kappa shape index (κ1) is 25.7. The van der Waals surface area contributed by atoms with Crippen molar-refractivity contribution in [3.05, 3.63) is 108 Å². The SMILES string of the molecule is COc1ccc(/C=C2\CCC[C@H]3C2=NN(C(=O)COc2cccc4ccccc24)[C@@H]3c2ccc(OC)cc2)cc1. The number of allylic oxidation sites excluding steroid dienone is 1. The smallest absolute Gasteiger partial charge is 0.281 e. The molecular weight excluding hydrogens is 500 g/mol. The van der Waals surface area contributed by atoms with Crippen molar-refractivity contribution in [2.75, 3.05) is 20.8 Å². The Kier molecular flexibility index (Phi) is 7.23. The van der Waals surface area contributed by atoms with E-state index in [-0.39, 0.29) is 24.5 Å². The van der Waals surface area contributed by atoms with Crippen LogP contribution in [0.3, 0.4) is 0 Å². The molecule has 0 radical (unpaired) electrons. The highest BCUT2D eigenvalue weighted by Crippen LogP contribution is 2.44. The highest BCUT2D eigenvalue weighted by atomic mass is 16.5. The number of methoxy groups -OCH3 is 2. The molecule has 202 valence electrons. The van der Waals surface area contributed by atoms with Gasteiger partial charge in [0.25, 0.3) is 5.91 Å². The number of amides is 1. The average Bonchev–Trinajstić information content (AvgIpc) is 3.41. The van der Waals surface area contributed by atoms with Gasteiger partial charge in [0.05, 0.1) is 26.0 Å². The number of ether oxygens (including phenoxy) is 3. The number of hydrogen-bond acceptors (Lipinski definition) is 5. The molecular formula is C34H32N2O4. The van der Waals surface area contributed by atoms with Crippen molar-refractivity contribution in [2.24, 2.45) is 11.0 Å². The standard InChI is InChI=1S/C34H32N2O4/c1-38-27-17-13-23(14-18-27)21-26-9-5-11-30-33(26)35-36(34(30)25-15-19-28(39-2)20-16-25)32(37)22-40-31-12-6-8-24-7-3-4-10-29(24)31/h3-4,6-8,10,12-21,30,34H,5,9,11,22H2,1-2H3/b26-21+/t30-,34+/m0/s1. The van der Waals surface area contributed by atoms with Crippen molar-refractivity contribution < 1.29 is 19.0 Å². The molecule has 0 bridgehead atoms. The molecule has 1 aliphatic carbocycles. The summed E-state index contributed by atoms with van der Waals surface area (Å²) in [7, 11) is 3.32. The maximum Gasteiger partial charge on any atom is 0.281 e. The van der Waals surface area contributed by atoms with Crippen LogP contribution in [0.5, 0.6) is 17.2 Å². The van der Waals surface area contributed by atoms with E-state index >= 15 is 0 Å². The molecule has 1 fully saturated rings. The molecule has 0 saturated heterocycles. The lowest BCUT2D eigenvalue weighted by molar-refractivity contribution is -0.135. The van der Waals surface area contributed by atoms with Crippen LogP contribution in [0, 0.1) is 5.92 Å². The molecule has 0 unspecified atom stereocenters. The zero-order valence-electron chi connectivity index (χ0n) is 22.7. The molecule has 4 aromatic carbocycles. The van der Waals surface area contributed by atoms with Crippen molar-refractivity contribution >= 4 is 28.5 Å². The quantitative estimate of drug-likeness (QED) is 0.256. The number of carbonyl (C=O) groups is 1. The molecule has 1 heterocycles. The first-order chi connectivity index (χ1) is 19.6. The Morgan fingerprint density at radius 1 is 0.900 bits per heavy atom. The van der Waals surface area contributed by atoms with Gasteiger partial charge in [-0.3, -0.25) is 4.79 Å². The topological polar surface area (TPSA) is 60.4 Å². The summed E-state index contributed by atoms with van der Waals surface area (Å²) in [5.41, 5.74) is 4.28. The molecule has 6 rings (SSSR count). The summed E-state index contributed by atoms with van der Waals surface area (Å²) < 4.78 is 16.8. The normalized spacial score (nSPS) is 19.3. The highest BCUT2D eigenvalue weighted by molar-refractivity contribution is 6.08. The van der Waals surface area contributed by atoms with Crippen LogP contribution in [0.1, 0.15) is 36.4 Å². The molecule has 6 heteroatoms. The molecule has 0 aromatic heterocycles. The van der Waals surface area contributed by atoms with Crippen LogP contribution >= 0.6 is 0 Å². The van der Waals surface area contributed by atoms with Crippen LogP contribution in [-0.2, 0) is 4.79 Å². The van der Waals surface area contributed by atoms with Gasteiger partial charge < -0.3 is 14.2 Å². The van der Waals surface area contributed by atoms with Gasteiger partial charge in [0.1, 0.15) is 17.2 Å². The molecule has 4 aromatic rings. The monoisotopic (exact) mass is 532 g/mol. The minimum atomic E-state index is -0.205. The van der Waals surface area contributed by atoms with E-state index in [1.54, 1.807) is 19.2 Å². The third-order valence-corrected chi connectivity index (χ3v) is 7.77. The molecule has 1 amide bonds. The van der Waals surface area contributed by atoms with Crippen LogP contribution in [-0.4, -0.2) is 37.5 Å². The predicted molar refractivity (Wildman–Crippen MR) is 158 cm³/mol. The molecule has 2 aliphatic rings. The number of fused-ring (bicyclic) bond motifs is 2. The summed E-state index contributed by atoms with van der Waals surface area (Å²) in [5, 5.41) is 8.70. The maximum absolute atomic E-state index is 13.8. The van der Waals surface area contributed by atoms with E-state index in [9.17, 15) is 4.79 Å². The number of benzene rings is 4. The summed E-state index contributed by atoms with van der Waals surface area (Å²) in [6.07, 6.45) is 5.11. The second kappa shape index (κ2) is 11.3. The van der Waals surface area contributed by atoms with Gasteiger partial charge in [0.2, 0.25) is 0 Å². The molecule has 0 spiro atoms. The zero-order valence-corrected chi connectivity index (χ0v) is 22.7. The van der Waals surface area contributed by atoms with E-state index in [0.29, 0.717) is 5.75 Å². The Bertz CT molecular complexity index is 1570. The second-order valence-electron chi connectivity index (χ2n) is 10.1. The van der Waals surface area contributed by atoms with Crippen molar-refractivity contribution in [2.45, 2.75) is 25.3 Å². The summed E-state index contributed by atoms with van der Waals surface area (Å²) in [6.45, 7) is -0.0955. The molecule has 6 nitrogen and oxygen atoms in total. The third-order valence-electron chi connectivity index (χ3n) is 7.77. The van der Waals surface area contributed by atoms with E-state index < -0.39 is 0 Å². The van der Waals surface area contributed by atoms with Gasteiger partial charge in [0, 0.05) is 11.3 Å². The molecule has 2 atom stereocenters. The fraction of sp³-hybridized carbons (Fsp3) is 0.235. The summed E-state index contributed by atoms with van der Waals surface area (Å²) in [6, 6.07) is 29.7. The minimum absolute atomic E-state index is 0.0955. The lowest BCUT2D eigenvalue weighted by atomic mass is 9.77. The molecule has 0 N–H and O–H groups in total. The third kappa shape index (κ3) is 5.05. The van der Waals surface area contributed by atoms with E-state index in [4.69, 9.17) is 19.3 Å². The van der Waals surface area contributed by atoms with Gasteiger partial charge in [-0.2, -0.15) is 5.10 Å². The number of hydrazone groups is 1. The maximum atomic E-state index is 13.8. The molecule has 1 aliphatic heterocycles. The second-order valence-corrected chi connectivity index (χ2v) is 10.1. The number of hydrogen-bond donors (Lipinski definition) is 0. The predicted octanol–water partition coefficient (Wildman–Crippen LogP) is 7.06. The van der Waals surface area contributed by atoms with E-state index in [1.165, 1.54) is 5.57 Å². The number of rotatable bonds is 7. The molecule has 1 saturated carbocycles. The lowest BCUT2D eigenvalue weighted by Gasteiger charge is -2.29. The largest absolute Gasteiger partial charge is 0.497 e. The Balaban J connectivity index is 1.32. The fourth-order valence-corrected chi connectivity index (χ4v) is 5.77. The Labute approximate surface area is 234 Å². The van der Waals surface area contributed by atoms with Crippen molar-refractivity contribution in [3.8, 4) is 17.2 Å². The fourth-order valence-electron chi connectivity index (χ4n) is 5.77. The average molecular weight is 533 g/mol. The van der Waals surface area contributed by atoms with Crippen LogP contribution in [0.2, 0.25) is 0 Å². The number of nitrogens with zero attached hydrogens (tertiary/aromatic N) is 2. The van der Waals surface area contributed by atoms with Crippen LogP contribution < -0.4 is 14.2 Å². The number of carbonyl (C=O) groups excluding carboxylic acids is 1. The van der Waals surface area contributed by atoms with Gasteiger partial charge in [-0.05, 0) is 77.8 Å². The van der Waals surface area contributed by atoms with Crippen LogP contribution in [0.25, 0.3) is 16.8 Å². The van der Waals surface area contributed by atoms with Gasteiger partial charge in [-0.1, -0.05) is 60.7 Å². The van der Waals surface area contributed by atoms with Crippen molar-refractivity contribution in [3.63, 3.8) is 0 Å². The van der Waals surface area contributed by atoms with Gasteiger partial charge in [-0.25, -0.2) is 5.01 Å². The molecule has 40 heavy (non-hydrogen) atoms. The van der Waals surface area contributed by atoms with Crippen LogP contribution in [0.4, 0.5) is 0 Å². The summed E-state index contributed by atoms with van der Waals surface area (Å²) >= 11 is 0. The van der Waals surface area contributed by atoms with E-state index in [2.05, 4.69) is 6.08 Å². The summed E-state index contributed by atoms with van der Waals surface area (Å²) in [5.74, 6) is 2.23.